The molecule has 0 saturated heterocycles. The highest BCUT2D eigenvalue weighted by atomic mass is 35.5. The van der Waals surface area contributed by atoms with Gasteiger partial charge in [0.25, 0.3) is 11.6 Å². The average molecular weight is 482 g/mol. The Morgan fingerprint density at radius 3 is 2.45 bits per heavy atom. The van der Waals surface area contributed by atoms with Crippen LogP contribution in [0.3, 0.4) is 0 Å². The second-order valence-corrected chi connectivity index (χ2v) is 7.85. The van der Waals surface area contributed by atoms with E-state index in [0.717, 1.165) is 5.56 Å². The molecule has 3 aromatic rings. The van der Waals surface area contributed by atoms with Crippen molar-refractivity contribution in [3.8, 4) is 11.8 Å². The minimum Gasteiger partial charge on any atom is -0.488 e. The molecule has 0 fully saturated rings. The van der Waals surface area contributed by atoms with Gasteiger partial charge in [-0.25, -0.2) is 0 Å². The summed E-state index contributed by atoms with van der Waals surface area (Å²) in [5.41, 5.74) is 2.25. The molecule has 0 unspecified atom stereocenters. The lowest BCUT2D eigenvalue weighted by atomic mass is 10.1. The number of benzene rings is 3. The lowest BCUT2D eigenvalue weighted by molar-refractivity contribution is -0.384. The van der Waals surface area contributed by atoms with E-state index in [1.807, 2.05) is 13.0 Å². The van der Waals surface area contributed by atoms with Gasteiger partial charge in [0.05, 0.1) is 4.92 Å². The standard InChI is InChI=1S/C24H17Cl2N3O4/c1-15-2-5-20(26)12-22(15)28-24(30)18(13-27)10-17-11-19(25)6-9-23(17)33-14-16-3-7-21(8-4-16)29(31)32/h2-12H,14H2,1H3,(H,28,30)/b18-10+. The van der Waals surface area contributed by atoms with Crippen LogP contribution in [0.2, 0.25) is 10.0 Å². The number of nitro groups is 1. The molecule has 0 aliphatic carbocycles. The Morgan fingerprint density at radius 2 is 1.79 bits per heavy atom. The quantitative estimate of drug-likeness (QED) is 0.183. The van der Waals surface area contributed by atoms with E-state index in [2.05, 4.69) is 5.32 Å². The molecule has 0 heterocycles. The molecule has 0 aliphatic heterocycles. The summed E-state index contributed by atoms with van der Waals surface area (Å²) in [6.07, 6.45) is 1.38. The molecule has 0 bridgehead atoms. The van der Waals surface area contributed by atoms with Crippen LogP contribution >= 0.6 is 23.2 Å². The van der Waals surface area contributed by atoms with Crippen molar-refractivity contribution in [1.29, 1.82) is 5.26 Å². The number of hydrogen-bond donors (Lipinski definition) is 1. The summed E-state index contributed by atoms with van der Waals surface area (Å²) in [7, 11) is 0. The fourth-order valence-corrected chi connectivity index (χ4v) is 3.21. The van der Waals surface area contributed by atoms with Gasteiger partial charge in [0, 0.05) is 33.4 Å². The Labute approximate surface area is 200 Å². The molecule has 0 spiro atoms. The van der Waals surface area contributed by atoms with Crippen LogP contribution in [0.25, 0.3) is 6.08 Å². The number of amides is 1. The van der Waals surface area contributed by atoms with E-state index in [1.54, 1.807) is 48.5 Å². The fourth-order valence-electron chi connectivity index (χ4n) is 2.86. The number of nitro benzene ring substituents is 1. The van der Waals surface area contributed by atoms with Gasteiger partial charge in [-0.2, -0.15) is 5.26 Å². The van der Waals surface area contributed by atoms with E-state index in [1.165, 1.54) is 18.2 Å². The SMILES string of the molecule is Cc1ccc(Cl)cc1NC(=O)/C(C#N)=C/c1cc(Cl)ccc1OCc1ccc([N+](=O)[O-])cc1. The van der Waals surface area contributed by atoms with Gasteiger partial charge in [0.15, 0.2) is 0 Å². The zero-order valence-corrected chi connectivity index (χ0v) is 18.9. The Kier molecular flexibility index (Phi) is 7.67. The molecule has 0 saturated carbocycles. The molecule has 0 aromatic heterocycles. The number of ether oxygens (including phenoxy) is 1. The number of anilines is 1. The van der Waals surface area contributed by atoms with Crippen molar-refractivity contribution < 1.29 is 14.5 Å². The lowest BCUT2D eigenvalue weighted by Gasteiger charge is -2.11. The molecule has 3 rings (SSSR count). The van der Waals surface area contributed by atoms with Crippen LogP contribution in [0.4, 0.5) is 11.4 Å². The summed E-state index contributed by atoms with van der Waals surface area (Å²) in [5.74, 6) is -0.221. The summed E-state index contributed by atoms with van der Waals surface area (Å²) in [5, 5.41) is 23.9. The summed E-state index contributed by atoms with van der Waals surface area (Å²) >= 11 is 12.1. The van der Waals surface area contributed by atoms with Gasteiger partial charge >= 0.3 is 0 Å². The monoisotopic (exact) mass is 481 g/mol. The van der Waals surface area contributed by atoms with E-state index in [0.29, 0.717) is 32.6 Å². The van der Waals surface area contributed by atoms with Crippen LogP contribution in [0, 0.1) is 28.4 Å². The van der Waals surface area contributed by atoms with Crippen molar-refractivity contribution in [2.45, 2.75) is 13.5 Å². The first-order chi connectivity index (χ1) is 15.8. The summed E-state index contributed by atoms with van der Waals surface area (Å²) in [6, 6.07) is 17.7. The fraction of sp³-hybridized carbons (Fsp3) is 0.0833. The van der Waals surface area contributed by atoms with Crippen molar-refractivity contribution in [3.05, 3.63) is 103 Å². The zero-order valence-electron chi connectivity index (χ0n) is 17.3. The molecule has 0 radical (unpaired) electrons. The molecular weight excluding hydrogens is 465 g/mol. The van der Waals surface area contributed by atoms with E-state index < -0.39 is 10.8 Å². The number of non-ortho nitro benzene ring substituents is 1. The van der Waals surface area contributed by atoms with Crippen LogP contribution in [0.15, 0.2) is 66.2 Å². The molecule has 1 amide bonds. The summed E-state index contributed by atoms with van der Waals surface area (Å²) in [4.78, 5) is 23.0. The third-order valence-electron chi connectivity index (χ3n) is 4.63. The van der Waals surface area contributed by atoms with Crippen molar-refractivity contribution in [3.63, 3.8) is 0 Å². The molecule has 0 aliphatic rings. The average Bonchev–Trinajstić information content (AvgIpc) is 2.79. The Balaban J connectivity index is 1.82. The zero-order chi connectivity index (χ0) is 24.0. The highest BCUT2D eigenvalue weighted by molar-refractivity contribution is 6.31. The van der Waals surface area contributed by atoms with E-state index in [9.17, 15) is 20.2 Å². The predicted octanol–water partition coefficient (Wildman–Crippen LogP) is 6.33. The third-order valence-corrected chi connectivity index (χ3v) is 5.10. The number of carbonyl (C=O) groups excluding carboxylic acids is 1. The Bertz CT molecular complexity index is 1280. The largest absolute Gasteiger partial charge is 0.488 e. The summed E-state index contributed by atoms with van der Waals surface area (Å²) < 4.78 is 5.83. The number of rotatable bonds is 7. The molecule has 0 atom stereocenters. The van der Waals surface area contributed by atoms with Crippen LogP contribution in [0.1, 0.15) is 16.7 Å². The maximum atomic E-state index is 12.7. The first-order valence-electron chi connectivity index (χ1n) is 9.62. The molecule has 33 heavy (non-hydrogen) atoms. The predicted molar refractivity (Wildman–Crippen MR) is 127 cm³/mol. The second-order valence-electron chi connectivity index (χ2n) is 6.98. The number of aryl methyl sites for hydroxylation is 1. The summed E-state index contributed by atoms with van der Waals surface area (Å²) in [6.45, 7) is 1.93. The van der Waals surface area contributed by atoms with E-state index >= 15 is 0 Å². The number of nitriles is 1. The number of halogens is 2. The molecule has 9 heteroatoms. The van der Waals surface area contributed by atoms with Crippen molar-refractivity contribution in [2.24, 2.45) is 0 Å². The van der Waals surface area contributed by atoms with Gasteiger partial charge in [0.1, 0.15) is 24.0 Å². The van der Waals surface area contributed by atoms with Crippen LogP contribution < -0.4 is 10.1 Å². The molecule has 3 aromatic carbocycles. The number of hydrogen-bond acceptors (Lipinski definition) is 5. The second kappa shape index (κ2) is 10.6. The smallest absolute Gasteiger partial charge is 0.269 e. The van der Waals surface area contributed by atoms with Gasteiger partial charge in [-0.05, 0) is 66.6 Å². The topological polar surface area (TPSA) is 105 Å². The molecule has 166 valence electrons. The number of nitrogens with one attached hydrogen (secondary N) is 1. The van der Waals surface area contributed by atoms with Crippen molar-refractivity contribution in [1.82, 2.24) is 0 Å². The van der Waals surface area contributed by atoms with Gasteiger partial charge in [-0.3, -0.25) is 14.9 Å². The Hall–Kier alpha value is -3.86. The van der Waals surface area contributed by atoms with Crippen LogP contribution in [-0.2, 0) is 11.4 Å². The molecular formula is C24H17Cl2N3O4. The van der Waals surface area contributed by atoms with Crippen LogP contribution in [0.5, 0.6) is 5.75 Å². The van der Waals surface area contributed by atoms with Gasteiger partial charge < -0.3 is 10.1 Å². The third kappa shape index (κ3) is 6.32. The van der Waals surface area contributed by atoms with Crippen molar-refractivity contribution in [2.75, 3.05) is 5.32 Å². The maximum Gasteiger partial charge on any atom is 0.269 e. The highest BCUT2D eigenvalue weighted by Gasteiger charge is 2.14. The number of carbonyl (C=O) groups is 1. The van der Waals surface area contributed by atoms with Gasteiger partial charge in [-0.1, -0.05) is 29.3 Å². The highest BCUT2D eigenvalue weighted by Crippen LogP contribution is 2.27. The first-order valence-corrected chi connectivity index (χ1v) is 10.4. The maximum absolute atomic E-state index is 12.7. The molecule has 1 N–H and O–H groups in total. The van der Waals surface area contributed by atoms with E-state index in [4.69, 9.17) is 27.9 Å². The minimum absolute atomic E-state index is 0.0199. The van der Waals surface area contributed by atoms with Gasteiger partial charge in [-0.15, -0.1) is 0 Å². The van der Waals surface area contributed by atoms with Gasteiger partial charge in [0.2, 0.25) is 0 Å². The van der Waals surface area contributed by atoms with Crippen LogP contribution in [-0.4, -0.2) is 10.8 Å². The van der Waals surface area contributed by atoms with Crippen molar-refractivity contribution >= 4 is 46.6 Å². The Morgan fingerprint density at radius 1 is 1.12 bits per heavy atom. The lowest BCUT2D eigenvalue weighted by Crippen LogP contribution is -2.14. The first kappa shape index (κ1) is 23.8. The van der Waals surface area contributed by atoms with E-state index in [-0.39, 0.29) is 17.9 Å². The normalized spacial score (nSPS) is 10.9. The molecule has 7 nitrogen and oxygen atoms in total. The minimum atomic E-state index is -0.607. The number of nitrogens with zero attached hydrogens (tertiary/aromatic N) is 2.